The Kier molecular flexibility index (Phi) is 7.82. The van der Waals surface area contributed by atoms with E-state index in [0.29, 0.717) is 17.1 Å². The van der Waals surface area contributed by atoms with Crippen LogP contribution in [0.1, 0.15) is 41.6 Å². The molecule has 174 valence electrons. The maximum absolute atomic E-state index is 13.5. The van der Waals surface area contributed by atoms with Gasteiger partial charge < -0.3 is 5.32 Å². The molecule has 0 aliphatic heterocycles. The van der Waals surface area contributed by atoms with Gasteiger partial charge >= 0.3 is 0 Å². The van der Waals surface area contributed by atoms with Crippen molar-refractivity contribution in [3.8, 4) is 0 Å². The molecule has 0 saturated heterocycles. The van der Waals surface area contributed by atoms with Crippen LogP contribution in [0.4, 0.5) is 5.69 Å². The van der Waals surface area contributed by atoms with Crippen molar-refractivity contribution in [2.24, 2.45) is 0 Å². The Bertz CT molecular complexity index is 1220. The molecular weight excluding hydrogens is 456 g/mol. The number of carbonyl (C=O) groups is 1. The number of nitrogens with one attached hydrogen (secondary N) is 1. The summed E-state index contributed by atoms with van der Waals surface area (Å²) >= 11 is 6.00. The summed E-state index contributed by atoms with van der Waals surface area (Å²) in [6.07, 6.45) is 0.680. The first kappa shape index (κ1) is 24.8. The number of sulfonamides is 1. The molecule has 0 aromatic heterocycles. The summed E-state index contributed by atoms with van der Waals surface area (Å²) in [5.41, 5.74) is 4.63. The molecule has 5 nitrogen and oxygen atoms in total. The van der Waals surface area contributed by atoms with Crippen LogP contribution in [0, 0.1) is 20.8 Å². The average Bonchev–Trinajstić information content (AvgIpc) is 2.78. The summed E-state index contributed by atoms with van der Waals surface area (Å²) in [4.78, 5) is 13.2. The summed E-state index contributed by atoms with van der Waals surface area (Å²) in [5.74, 6) is -0.384. The van der Waals surface area contributed by atoms with Crippen LogP contribution in [0.15, 0.2) is 71.6 Å². The summed E-state index contributed by atoms with van der Waals surface area (Å²) in [7, 11) is -3.97. The van der Waals surface area contributed by atoms with Gasteiger partial charge in [-0.25, -0.2) is 8.42 Å². The van der Waals surface area contributed by atoms with Crippen molar-refractivity contribution < 1.29 is 13.2 Å². The standard InChI is InChI=1S/C26H29ClN2O3S/c1-5-25(21-9-8-19(3)20(4)16-21)28-26(30)17-29(23-12-10-22(27)11-13-23)33(31,32)24-14-6-18(2)7-15-24/h6-16,25H,5,17H2,1-4H3,(H,28,30). The molecule has 3 aromatic rings. The summed E-state index contributed by atoms with van der Waals surface area (Å²) in [5, 5.41) is 3.49. The lowest BCUT2D eigenvalue weighted by Gasteiger charge is -2.26. The van der Waals surface area contributed by atoms with Crippen LogP contribution in [-0.4, -0.2) is 20.9 Å². The fraction of sp³-hybridized carbons (Fsp3) is 0.269. The molecule has 0 fully saturated rings. The molecule has 33 heavy (non-hydrogen) atoms. The van der Waals surface area contributed by atoms with Gasteiger partial charge in [-0.1, -0.05) is 54.4 Å². The number of amides is 1. The Hall–Kier alpha value is -2.83. The van der Waals surface area contributed by atoms with Crippen LogP contribution in [0.2, 0.25) is 5.02 Å². The van der Waals surface area contributed by atoms with Crippen molar-refractivity contribution in [3.63, 3.8) is 0 Å². The highest BCUT2D eigenvalue weighted by molar-refractivity contribution is 7.92. The van der Waals surface area contributed by atoms with Crippen molar-refractivity contribution in [3.05, 3.63) is 94.0 Å². The lowest BCUT2D eigenvalue weighted by Crippen LogP contribution is -2.42. The fourth-order valence-electron chi connectivity index (χ4n) is 3.53. The van der Waals surface area contributed by atoms with Gasteiger partial charge in [-0.15, -0.1) is 0 Å². The average molecular weight is 485 g/mol. The Morgan fingerprint density at radius 1 is 0.939 bits per heavy atom. The number of rotatable bonds is 8. The number of hydrogen-bond acceptors (Lipinski definition) is 3. The van der Waals surface area contributed by atoms with Crippen LogP contribution < -0.4 is 9.62 Å². The zero-order valence-corrected chi connectivity index (χ0v) is 20.9. The number of hydrogen-bond donors (Lipinski definition) is 1. The second-order valence-electron chi connectivity index (χ2n) is 8.17. The first-order valence-electron chi connectivity index (χ1n) is 10.8. The molecule has 1 amide bonds. The van der Waals surface area contributed by atoms with E-state index in [0.717, 1.165) is 21.0 Å². The zero-order chi connectivity index (χ0) is 24.2. The molecule has 0 aliphatic rings. The van der Waals surface area contributed by atoms with E-state index in [4.69, 9.17) is 11.6 Å². The van der Waals surface area contributed by atoms with Gasteiger partial charge in [0.05, 0.1) is 16.6 Å². The van der Waals surface area contributed by atoms with E-state index in [1.807, 2.05) is 39.8 Å². The van der Waals surface area contributed by atoms with Crippen molar-refractivity contribution in [1.29, 1.82) is 0 Å². The molecule has 7 heteroatoms. The third kappa shape index (κ3) is 5.95. The van der Waals surface area contributed by atoms with Gasteiger partial charge in [0, 0.05) is 5.02 Å². The first-order valence-corrected chi connectivity index (χ1v) is 12.6. The van der Waals surface area contributed by atoms with Crippen LogP contribution in [0.5, 0.6) is 0 Å². The maximum atomic E-state index is 13.5. The van der Waals surface area contributed by atoms with Crippen LogP contribution in [0.3, 0.4) is 0 Å². The van der Waals surface area contributed by atoms with Crippen molar-refractivity contribution in [2.75, 3.05) is 10.8 Å². The second-order valence-corrected chi connectivity index (χ2v) is 10.5. The van der Waals surface area contributed by atoms with Gasteiger partial charge in [-0.05, 0) is 80.3 Å². The molecule has 1 atom stereocenters. The normalized spacial score (nSPS) is 12.3. The molecular formula is C26H29ClN2O3S. The number of anilines is 1. The number of halogens is 1. The van der Waals surface area contributed by atoms with E-state index in [2.05, 4.69) is 11.4 Å². The number of benzene rings is 3. The van der Waals surface area contributed by atoms with E-state index in [1.165, 1.54) is 5.56 Å². The SMILES string of the molecule is CCC(NC(=O)CN(c1ccc(Cl)cc1)S(=O)(=O)c1ccc(C)cc1)c1ccc(C)c(C)c1. The van der Waals surface area contributed by atoms with Crippen molar-refractivity contribution >= 4 is 33.2 Å². The Labute approximate surface area is 201 Å². The minimum absolute atomic E-state index is 0.122. The van der Waals surface area contributed by atoms with E-state index in [9.17, 15) is 13.2 Å². The Morgan fingerprint density at radius 2 is 1.58 bits per heavy atom. The third-order valence-electron chi connectivity index (χ3n) is 5.69. The predicted octanol–water partition coefficient (Wildman–Crippen LogP) is 5.73. The molecule has 0 aliphatic carbocycles. The van der Waals surface area contributed by atoms with E-state index < -0.39 is 10.0 Å². The van der Waals surface area contributed by atoms with Gasteiger partial charge in [0.15, 0.2) is 0 Å². The lowest BCUT2D eigenvalue weighted by atomic mass is 9.99. The fourth-order valence-corrected chi connectivity index (χ4v) is 5.08. The van der Waals surface area contributed by atoms with Crippen LogP contribution in [0.25, 0.3) is 0 Å². The Morgan fingerprint density at radius 3 is 2.15 bits per heavy atom. The summed E-state index contributed by atoms with van der Waals surface area (Å²) in [6, 6.07) is 18.9. The first-order chi connectivity index (χ1) is 15.6. The van der Waals surface area contributed by atoms with Gasteiger partial charge in [0.1, 0.15) is 6.54 Å². The topological polar surface area (TPSA) is 66.5 Å². The predicted molar refractivity (Wildman–Crippen MR) is 134 cm³/mol. The maximum Gasteiger partial charge on any atom is 0.264 e. The number of carbonyl (C=O) groups excluding carboxylic acids is 1. The van der Waals surface area contributed by atoms with Gasteiger partial charge in [-0.2, -0.15) is 0 Å². The van der Waals surface area contributed by atoms with Crippen molar-refractivity contribution in [1.82, 2.24) is 5.32 Å². The van der Waals surface area contributed by atoms with Crippen LogP contribution >= 0.6 is 11.6 Å². The van der Waals surface area contributed by atoms with Gasteiger partial charge in [0.25, 0.3) is 10.0 Å². The lowest BCUT2D eigenvalue weighted by molar-refractivity contribution is -0.120. The molecule has 1 unspecified atom stereocenters. The summed E-state index contributed by atoms with van der Waals surface area (Å²) < 4.78 is 28.1. The van der Waals surface area contributed by atoms with Crippen molar-refractivity contribution in [2.45, 2.75) is 45.1 Å². The molecule has 0 radical (unpaired) electrons. The molecule has 3 rings (SSSR count). The van der Waals surface area contributed by atoms with E-state index >= 15 is 0 Å². The molecule has 3 aromatic carbocycles. The molecule has 0 saturated carbocycles. The van der Waals surface area contributed by atoms with Gasteiger partial charge in [-0.3, -0.25) is 9.10 Å². The molecule has 0 heterocycles. The van der Waals surface area contributed by atoms with Gasteiger partial charge in [0.2, 0.25) is 5.91 Å². The Balaban J connectivity index is 1.90. The quantitative estimate of drug-likeness (QED) is 0.444. The minimum atomic E-state index is -3.97. The smallest absolute Gasteiger partial charge is 0.264 e. The van der Waals surface area contributed by atoms with Crippen LogP contribution in [-0.2, 0) is 14.8 Å². The second kappa shape index (κ2) is 10.4. The summed E-state index contributed by atoms with van der Waals surface area (Å²) in [6.45, 7) is 7.60. The molecule has 1 N–H and O–H groups in total. The number of nitrogens with zero attached hydrogens (tertiary/aromatic N) is 1. The molecule has 0 bridgehead atoms. The highest BCUT2D eigenvalue weighted by atomic mass is 35.5. The molecule has 0 spiro atoms. The highest BCUT2D eigenvalue weighted by Crippen LogP contribution is 2.26. The monoisotopic (exact) mass is 484 g/mol. The minimum Gasteiger partial charge on any atom is -0.348 e. The third-order valence-corrected chi connectivity index (χ3v) is 7.73. The van der Waals surface area contributed by atoms with E-state index in [1.54, 1.807) is 48.5 Å². The highest BCUT2D eigenvalue weighted by Gasteiger charge is 2.28. The largest absolute Gasteiger partial charge is 0.348 e. The number of aryl methyl sites for hydroxylation is 3. The zero-order valence-electron chi connectivity index (χ0n) is 19.3. The van der Waals surface area contributed by atoms with E-state index in [-0.39, 0.29) is 23.4 Å².